The van der Waals surface area contributed by atoms with Gasteiger partial charge in [0.1, 0.15) is 11.3 Å². The zero-order valence-electron chi connectivity index (χ0n) is 17.8. The average molecular weight is 417 g/mol. The summed E-state index contributed by atoms with van der Waals surface area (Å²) in [5.41, 5.74) is 1.82. The van der Waals surface area contributed by atoms with Crippen molar-refractivity contribution in [3.8, 4) is 0 Å². The highest BCUT2D eigenvalue weighted by Crippen LogP contribution is 2.20. The number of hydrogen-bond acceptors (Lipinski definition) is 4. The first kappa shape index (κ1) is 19.9. The van der Waals surface area contributed by atoms with Crippen LogP contribution in [0.4, 0.5) is 0 Å². The third-order valence-electron chi connectivity index (χ3n) is 6.51. The minimum absolute atomic E-state index is 0.00116. The first-order valence-electron chi connectivity index (χ1n) is 11.5. The molecule has 2 aromatic heterocycles. The predicted molar refractivity (Wildman–Crippen MR) is 120 cm³/mol. The van der Waals surface area contributed by atoms with Crippen LogP contribution in [0.2, 0.25) is 0 Å². The zero-order valence-corrected chi connectivity index (χ0v) is 17.8. The van der Waals surface area contributed by atoms with Crippen molar-refractivity contribution < 1.29 is 4.79 Å². The molecular formula is C25H28N4O2. The van der Waals surface area contributed by atoms with E-state index >= 15 is 0 Å². The number of nitrogens with zero attached hydrogens (tertiary/aromatic N) is 4. The lowest BCUT2D eigenvalue weighted by Gasteiger charge is -2.17. The van der Waals surface area contributed by atoms with Crippen molar-refractivity contribution in [2.75, 3.05) is 0 Å². The number of pyridine rings is 1. The van der Waals surface area contributed by atoms with Gasteiger partial charge in [-0.15, -0.1) is 0 Å². The summed E-state index contributed by atoms with van der Waals surface area (Å²) in [4.78, 5) is 36.0. The average Bonchev–Trinajstić information content (AvgIpc) is 3.05. The maximum absolute atomic E-state index is 13.4. The highest BCUT2D eigenvalue weighted by molar-refractivity contribution is 5.98. The molecule has 0 radical (unpaired) electrons. The Balaban J connectivity index is 1.55. The first-order chi connectivity index (χ1) is 15.2. The molecule has 0 unspecified atom stereocenters. The molecule has 1 fully saturated rings. The third kappa shape index (κ3) is 3.99. The Labute approximate surface area is 181 Å². The highest BCUT2D eigenvalue weighted by atomic mass is 16.2. The standard InChI is InChI=1S/C25H28N4O2/c30-24(28-16-8-6-12-22(28)26-19-9-3-1-4-10-19)18-13-14-20-21(17-18)27-23-11-5-2-7-15-29(23)25(20)31/h6,8,12-14,16-17,19H,1-5,7,9-11,15H2. The molecule has 0 saturated heterocycles. The second-order valence-electron chi connectivity index (χ2n) is 8.68. The van der Waals surface area contributed by atoms with E-state index in [1.165, 1.54) is 19.3 Å². The Morgan fingerprint density at radius 1 is 1.00 bits per heavy atom. The van der Waals surface area contributed by atoms with E-state index in [-0.39, 0.29) is 17.5 Å². The molecule has 5 rings (SSSR count). The van der Waals surface area contributed by atoms with Crippen molar-refractivity contribution in [1.82, 2.24) is 14.1 Å². The Bertz CT molecular complexity index is 1250. The van der Waals surface area contributed by atoms with E-state index in [0.717, 1.165) is 50.9 Å². The number of carbonyl (C=O) groups excluding carboxylic acids is 1. The van der Waals surface area contributed by atoms with Gasteiger partial charge in [-0.25, -0.2) is 4.98 Å². The van der Waals surface area contributed by atoms with Crippen molar-refractivity contribution in [3.05, 3.63) is 69.8 Å². The highest BCUT2D eigenvalue weighted by Gasteiger charge is 2.17. The van der Waals surface area contributed by atoms with E-state index in [9.17, 15) is 9.59 Å². The van der Waals surface area contributed by atoms with Gasteiger partial charge in [-0.3, -0.25) is 23.7 Å². The lowest BCUT2D eigenvalue weighted by molar-refractivity contribution is 0.0954. The van der Waals surface area contributed by atoms with Crippen molar-refractivity contribution in [2.24, 2.45) is 4.99 Å². The molecule has 31 heavy (non-hydrogen) atoms. The number of hydrogen-bond donors (Lipinski definition) is 0. The van der Waals surface area contributed by atoms with Crippen LogP contribution in [0.1, 0.15) is 67.5 Å². The van der Waals surface area contributed by atoms with Gasteiger partial charge in [-0.05, 0) is 56.0 Å². The number of fused-ring (bicyclic) bond motifs is 2. The number of carbonyl (C=O) groups is 1. The minimum Gasteiger partial charge on any atom is -0.296 e. The van der Waals surface area contributed by atoms with E-state index in [2.05, 4.69) is 0 Å². The van der Waals surface area contributed by atoms with Crippen molar-refractivity contribution >= 4 is 16.8 Å². The largest absolute Gasteiger partial charge is 0.296 e. The molecule has 0 N–H and O–H groups in total. The molecule has 0 atom stereocenters. The fourth-order valence-corrected chi connectivity index (χ4v) is 4.80. The summed E-state index contributed by atoms with van der Waals surface area (Å²) in [6.07, 6.45) is 11.6. The van der Waals surface area contributed by atoms with E-state index in [4.69, 9.17) is 9.98 Å². The first-order valence-corrected chi connectivity index (χ1v) is 11.5. The summed E-state index contributed by atoms with van der Waals surface area (Å²) >= 11 is 0. The molecule has 2 aliphatic rings. The van der Waals surface area contributed by atoms with Crippen molar-refractivity contribution in [3.63, 3.8) is 0 Å². The molecule has 1 aliphatic carbocycles. The fourth-order valence-electron chi connectivity index (χ4n) is 4.80. The van der Waals surface area contributed by atoms with Crippen molar-refractivity contribution in [1.29, 1.82) is 0 Å². The van der Waals surface area contributed by atoms with Gasteiger partial charge in [0.05, 0.1) is 16.9 Å². The quantitative estimate of drug-likeness (QED) is 0.637. The monoisotopic (exact) mass is 416 g/mol. The van der Waals surface area contributed by atoms with Crippen LogP contribution in [-0.4, -0.2) is 26.1 Å². The maximum atomic E-state index is 13.4. The third-order valence-corrected chi connectivity index (χ3v) is 6.51. The van der Waals surface area contributed by atoms with Crippen LogP contribution in [0.25, 0.3) is 10.9 Å². The van der Waals surface area contributed by atoms with Crippen LogP contribution in [-0.2, 0) is 13.0 Å². The second kappa shape index (κ2) is 8.61. The second-order valence-corrected chi connectivity index (χ2v) is 8.68. The molecule has 0 spiro atoms. The molecule has 6 heteroatoms. The molecule has 0 amide bonds. The van der Waals surface area contributed by atoms with Crippen LogP contribution in [0.5, 0.6) is 0 Å². The molecule has 3 aromatic rings. The lowest BCUT2D eigenvalue weighted by atomic mass is 9.96. The lowest BCUT2D eigenvalue weighted by Crippen LogP contribution is -2.29. The number of benzene rings is 1. The molecule has 3 heterocycles. The van der Waals surface area contributed by atoms with Crippen LogP contribution < -0.4 is 11.0 Å². The molecule has 0 bridgehead atoms. The zero-order chi connectivity index (χ0) is 21.2. The van der Waals surface area contributed by atoms with E-state index < -0.39 is 0 Å². The van der Waals surface area contributed by atoms with Gasteiger partial charge in [-0.1, -0.05) is 31.7 Å². The van der Waals surface area contributed by atoms with Crippen LogP contribution in [0, 0.1) is 0 Å². The number of rotatable bonds is 2. The predicted octanol–water partition coefficient (Wildman–Crippen LogP) is 3.85. The van der Waals surface area contributed by atoms with E-state index in [1.807, 2.05) is 22.8 Å². The van der Waals surface area contributed by atoms with E-state index in [1.54, 1.807) is 29.0 Å². The van der Waals surface area contributed by atoms with Gasteiger partial charge < -0.3 is 0 Å². The van der Waals surface area contributed by atoms with Gasteiger partial charge in [0, 0.05) is 24.7 Å². The summed E-state index contributed by atoms with van der Waals surface area (Å²) in [7, 11) is 0. The fraction of sp³-hybridized carbons (Fsp3) is 0.440. The van der Waals surface area contributed by atoms with Crippen LogP contribution in [0.3, 0.4) is 0 Å². The summed E-state index contributed by atoms with van der Waals surface area (Å²) in [6, 6.07) is 11.2. The normalized spacial score (nSPS) is 18.0. The molecule has 1 aromatic carbocycles. The van der Waals surface area contributed by atoms with Crippen LogP contribution >= 0.6 is 0 Å². The van der Waals surface area contributed by atoms with E-state index in [0.29, 0.717) is 22.0 Å². The Kier molecular flexibility index (Phi) is 5.53. The summed E-state index contributed by atoms with van der Waals surface area (Å²) in [5.74, 6) is 0.689. The Hall–Kier alpha value is -3.02. The van der Waals surface area contributed by atoms with Gasteiger partial charge in [0.15, 0.2) is 0 Å². The Morgan fingerprint density at radius 2 is 1.84 bits per heavy atom. The van der Waals surface area contributed by atoms with Crippen LogP contribution in [0.15, 0.2) is 52.4 Å². The van der Waals surface area contributed by atoms with Gasteiger partial charge in [0.2, 0.25) is 0 Å². The molecule has 1 saturated carbocycles. The summed E-state index contributed by atoms with van der Waals surface area (Å²) in [5, 5.41) is 0.576. The topological polar surface area (TPSA) is 69.2 Å². The number of aryl methyl sites for hydroxylation is 1. The smallest absolute Gasteiger partial charge is 0.263 e. The molecule has 1 aliphatic heterocycles. The molecular weight excluding hydrogens is 388 g/mol. The van der Waals surface area contributed by atoms with Gasteiger partial charge in [-0.2, -0.15) is 0 Å². The maximum Gasteiger partial charge on any atom is 0.263 e. The summed E-state index contributed by atoms with van der Waals surface area (Å²) < 4.78 is 3.43. The molecule has 6 nitrogen and oxygen atoms in total. The van der Waals surface area contributed by atoms with Crippen molar-refractivity contribution in [2.45, 2.75) is 70.4 Å². The minimum atomic E-state index is -0.145. The van der Waals surface area contributed by atoms with Gasteiger partial charge >= 0.3 is 0 Å². The summed E-state index contributed by atoms with van der Waals surface area (Å²) in [6.45, 7) is 0.726. The van der Waals surface area contributed by atoms with Gasteiger partial charge in [0.25, 0.3) is 11.5 Å². The SMILES string of the molecule is O=C(c1ccc2c(=O)n3c(nc2c1)CCCCC3)n1ccccc1=NC1CCCCC1. The number of aromatic nitrogens is 3. The Morgan fingerprint density at radius 3 is 2.71 bits per heavy atom. The molecule has 160 valence electrons.